The molecule has 1 saturated heterocycles. The van der Waals surface area contributed by atoms with Crippen LogP contribution in [0.15, 0.2) is 24.3 Å². The first kappa shape index (κ1) is 24.5. The number of hydrogen-bond donors (Lipinski definition) is 2. The number of H-pyrrole nitrogens is 1. The Labute approximate surface area is 193 Å². The first-order chi connectivity index (χ1) is 15.8. The Morgan fingerprint density at radius 3 is 2.79 bits per heavy atom. The van der Waals surface area contributed by atoms with E-state index >= 15 is 0 Å². The van der Waals surface area contributed by atoms with Crippen molar-refractivity contribution in [2.45, 2.75) is 53.0 Å². The van der Waals surface area contributed by atoms with E-state index in [4.69, 9.17) is 4.74 Å². The second-order valence-electron chi connectivity index (χ2n) is 8.48. The van der Waals surface area contributed by atoms with E-state index in [9.17, 15) is 18.8 Å². The Morgan fingerprint density at radius 1 is 1.27 bits per heavy atom. The SMILES string of the molecule is CCOC(=O)c1[nH]c(C)c(CCC(=O)N2CCCC(C(=O)NCc3cccc(F)c3)C2)c1C. The molecule has 0 saturated carbocycles. The van der Waals surface area contributed by atoms with E-state index in [1.54, 1.807) is 24.0 Å². The molecule has 2 N–H and O–H groups in total. The number of piperidine rings is 1. The van der Waals surface area contributed by atoms with Gasteiger partial charge in [0.2, 0.25) is 11.8 Å². The van der Waals surface area contributed by atoms with Crippen LogP contribution in [0.5, 0.6) is 0 Å². The third-order valence-corrected chi connectivity index (χ3v) is 6.16. The van der Waals surface area contributed by atoms with Gasteiger partial charge >= 0.3 is 5.97 Å². The molecule has 178 valence electrons. The summed E-state index contributed by atoms with van der Waals surface area (Å²) >= 11 is 0. The molecule has 33 heavy (non-hydrogen) atoms. The Morgan fingerprint density at radius 2 is 2.06 bits per heavy atom. The summed E-state index contributed by atoms with van der Waals surface area (Å²) in [6, 6.07) is 6.14. The largest absolute Gasteiger partial charge is 0.461 e. The Hall–Kier alpha value is -3.16. The summed E-state index contributed by atoms with van der Waals surface area (Å²) < 4.78 is 18.4. The molecule has 3 rings (SSSR count). The van der Waals surface area contributed by atoms with Gasteiger partial charge in [-0.15, -0.1) is 0 Å². The molecule has 1 aromatic heterocycles. The standard InChI is InChI=1S/C25H32FN3O4/c1-4-33-25(32)23-16(2)21(17(3)28-23)10-11-22(30)29-12-6-8-19(15-29)24(31)27-14-18-7-5-9-20(26)13-18/h5,7,9,13,19,28H,4,6,8,10-12,14-15H2,1-3H3,(H,27,31). The highest BCUT2D eigenvalue weighted by atomic mass is 19.1. The molecule has 0 radical (unpaired) electrons. The molecule has 1 atom stereocenters. The van der Waals surface area contributed by atoms with Crippen LogP contribution in [0, 0.1) is 25.6 Å². The third kappa shape index (κ3) is 6.21. The van der Waals surface area contributed by atoms with Crippen molar-refractivity contribution in [3.63, 3.8) is 0 Å². The minimum Gasteiger partial charge on any atom is -0.461 e. The second kappa shape index (κ2) is 11.1. The summed E-state index contributed by atoms with van der Waals surface area (Å²) in [5, 5.41) is 2.86. The quantitative estimate of drug-likeness (QED) is 0.594. The monoisotopic (exact) mass is 457 g/mol. The van der Waals surface area contributed by atoms with Gasteiger partial charge in [-0.25, -0.2) is 9.18 Å². The van der Waals surface area contributed by atoms with Crippen molar-refractivity contribution in [3.8, 4) is 0 Å². The normalized spacial score (nSPS) is 15.9. The highest BCUT2D eigenvalue weighted by molar-refractivity contribution is 5.90. The van der Waals surface area contributed by atoms with Crippen LogP contribution < -0.4 is 5.32 Å². The highest BCUT2D eigenvalue weighted by Crippen LogP contribution is 2.22. The number of esters is 1. The predicted octanol–water partition coefficient (Wildman–Crippen LogP) is 3.43. The Balaban J connectivity index is 1.53. The zero-order valence-corrected chi connectivity index (χ0v) is 19.5. The molecule has 2 heterocycles. The first-order valence-electron chi connectivity index (χ1n) is 11.4. The van der Waals surface area contributed by atoms with Gasteiger partial charge in [-0.1, -0.05) is 12.1 Å². The van der Waals surface area contributed by atoms with Gasteiger partial charge in [-0.2, -0.15) is 0 Å². The average Bonchev–Trinajstić information content (AvgIpc) is 3.09. The van der Waals surface area contributed by atoms with Crippen LogP contribution in [0.3, 0.4) is 0 Å². The molecule has 2 amide bonds. The van der Waals surface area contributed by atoms with E-state index in [2.05, 4.69) is 10.3 Å². The summed E-state index contributed by atoms with van der Waals surface area (Å²) in [5.74, 6) is -1.12. The number of halogens is 1. The number of aromatic amines is 1. The number of aromatic nitrogens is 1. The number of nitrogens with zero attached hydrogens (tertiary/aromatic N) is 1. The predicted molar refractivity (Wildman–Crippen MR) is 122 cm³/mol. The van der Waals surface area contributed by atoms with Crippen LogP contribution in [0.25, 0.3) is 0 Å². The van der Waals surface area contributed by atoms with Crippen molar-refractivity contribution in [1.29, 1.82) is 0 Å². The number of likely N-dealkylation sites (tertiary alicyclic amines) is 1. The molecule has 0 spiro atoms. The lowest BCUT2D eigenvalue weighted by molar-refractivity contribution is -0.135. The highest BCUT2D eigenvalue weighted by Gasteiger charge is 2.28. The zero-order chi connectivity index (χ0) is 24.0. The summed E-state index contributed by atoms with van der Waals surface area (Å²) in [6.45, 7) is 7.08. The van der Waals surface area contributed by atoms with Gasteiger partial charge in [0.15, 0.2) is 0 Å². The maximum atomic E-state index is 13.3. The Bertz CT molecular complexity index is 1020. The Kier molecular flexibility index (Phi) is 8.25. The van der Waals surface area contributed by atoms with Crippen LogP contribution in [-0.4, -0.2) is 47.4 Å². The molecule has 2 aromatic rings. The van der Waals surface area contributed by atoms with E-state index in [1.165, 1.54) is 12.1 Å². The molecule has 8 heteroatoms. The van der Waals surface area contributed by atoms with Crippen LogP contribution in [0.2, 0.25) is 0 Å². The molecule has 1 unspecified atom stereocenters. The minimum absolute atomic E-state index is 0.00434. The number of carbonyl (C=O) groups excluding carboxylic acids is 3. The zero-order valence-electron chi connectivity index (χ0n) is 19.5. The molecule has 0 bridgehead atoms. The van der Waals surface area contributed by atoms with Crippen molar-refractivity contribution in [1.82, 2.24) is 15.2 Å². The molecule has 1 aromatic carbocycles. The topological polar surface area (TPSA) is 91.5 Å². The molecule has 1 aliphatic heterocycles. The van der Waals surface area contributed by atoms with Crippen molar-refractivity contribution in [2.24, 2.45) is 5.92 Å². The van der Waals surface area contributed by atoms with Gasteiger partial charge in [0.1, 0.15) is 11.5 Å². The lowest BCUT2D eigenvalue weighted by Crippen LogP contribution is -2.45. The summed E-state index contributed by atoms with van der Waals surface area (Å²) in [5.41, 5.74) is 3.76. The van der Waals surface area contributed by atoms with Crippen LogP contribution >= 0.6 is 0 Å². The van der Waals surface area contributed by atoms with Gasteiger partial charge in [0, 0.05) is 31.7 Å². The maximum absolute atomic E-state index is 13.3. The summed E-state index contributed by atoms with van der Waals surface area (Å²) in [7, 11) is 0. The van der Waals surface area contributed by atoms with Gasteiger partial charge in [0.05, 0.1) is 12.5 Å². The van der Waals surface area contributed by atoms with E-state index < -0.39 is 0 Å². The fourth-order valence-electron chi connectivity index (χ4n) is 4.36. The van der Waals surface area contributed by atoms with Crippen LogP contribution in [-0.2, 0) is 27.3 Å². The van der Waals surface area contributed by atoms with Crippen LogP contribution in [0.1, 0.15) is 59.1 Å². The lowest BCUT2D eigenvalue weighted by Gasteiger charge is -2.32. The molecular weight excluding hydrogens is 425 g/mol. The fraction of sp³-hybridized carbons (Fsp3) is 0.480. The lowest BCUT2D eigenvalue weighted by atomic mass is 9.96. The number of nitrogens with one attached hydrogen (secondary N) is 2. The van der Waals surface area contributed by atoms with Crippen molar-refractivity contribution < 1.29 is 23.5 Å². The van der Waals surface area contributed by atoms with Crippen molar-refractivity contribution >= 4 is 17.8 Å². The van der Waals surface area contributed by atoms with Crippen molar-refractivity contribution in [3.05, 3.63) is 58.2 Å². The first-order valence-corrected chi connectivity index (χ1v) is 11.4. The third-order valence-electron chi connectivity index (χ3n) is 6.16. The number of benzene rings is 1. The fourth-order valence-corrected chi connectivity index (χ4v) is 4.36. The number of rotatable bonds is 8. The van der Waals surface area contributed by atoms with E-state index in [0.717, 1.165) is 29.7 Å². The van der Waals surface area contributed by atoms with Gasteiger partial charge in [0.25, 0.3) is 0 Å². The molecule has 0 aliphatic carbocycles. The molecule has 7 nitrogen and oxygen atoms in total. The van der Waals surface area contributed by atoms with E-state index in [-0.39, 0.29) is 36.1 Å². The smallest absolute Gasteiger partial charge is 0.355 e. The number of aryl methyl sites for hydroxylation is 1. The summed E-state index contributed by atoms with van der Waals surface area (Å²) in [6.07, 6.45) is 2.30. The van der Waals surface area contributed by atoms with Gasteiger partial charge in [-0.3, -0.25) is 9.59 Å². The van der Waals surface area contributed by atoms with Crippen LogP contribution in [0.4, 0.5) is 4.39 Å². The molecule has 1 aliphatic rings. The van der Waals surface area contributed by atoms with E-state index in [0.29, 0.717) is 43.8 Å². The molecule has 1 fully saturated rings. The average molecular weight is 458 g/mol. The maximum Gasteiger partial charge on any atom is 0.355 e. The number of amides is 2. The van der Waals surface area contributed by atoms with Gasteiger partial charge in [-0.05, 0) is 68.9 Å². The van der Waals surface area contributed by atoms with E-state index in [1.807, 2.05) is 13.8 Å². The number of carbonyl (C=O) groups is 3. The van der Waals surface area contributed by atoms with Crippen molar-refractivity contribution in [2.75, 3.05) is 19.7 Å². The number of ether oxygens (including phenoxy) is 1. The van der Waals surface area contributed by atoms with Gasteiger partial charge < -0.3 is 19.9 Å². The second-order valence-corrected chi connectivity index (χ2v) is 8.48. The molecular formula is C25H32FN3O4. The number of hydrogen-bond acceptors (Lipinski definition) is 4. The summed E-state index contributed by atoms with van der Waals surface area (Å²) in [4.78, 5) is 42.4. The minimum atomic E-state index is -0.390.